The summed E-state index contributed by atoms with van der Waals surface area (Å²) in [4.78, 5) is 25.5. The molecule has 0 spiro atoms. The maximum atomic E-state index is 11.2. The highest BCUT2D eigenvalue weighted by molar-refractivity contribution is 5.88. The average molecular weight is 495 g/mol. The van der Waals surface area contributed by atoms with Crippen LogP contribution in [0, 0.1) is 17.8 Å². The number of aromatic nitrogens is 2. The Kier molecular flexibility index (Phi) is 6.62. The van der Waals surface area contributed by atoms with Crippen LogP contribution in [0.2, 0.25) is 0 Å². The molecular weight excluding hydrogens is 460 g/mol. The van der Waals surface area contributed by atoms with Crippen molar-refractivity contribution in [3.05, 3.63) is 72.9 Å². The van der Waals surface area contributed by atoms with Crippen LogP contribution in [-0.4, -0.2) is 53.5 Å². The van der Waals surface area contributed by atoms with Gasteiger partial charge < -0.3 is 15.5 Å². The molecule has 2 heterocycles. The SMILES string of the molecule is CC(=O)Nc1ccc(-c2ccnc(Nc3ccc(N4CCN(CC5C[C@H]6C=C[C@@H]5C6)CC4)cc3)n2)cc1. The van der Waals surface area contributed by atoms with Crippen molar-refractivity contribution >= 4 is 28.9 Å². The Balaban J connectivity index is 1.03. The molecular formula is C30H34N6O. The number of carbonyl (C=O) groups is 1. The van der Waals surface area contributed by atoms with Gasteiger partial charge in [0.05, 0.1) is 5.69 Å². The van der Waals surface area contributed by atoms with Crippen molar-refractivity contribution in [1.82, 2.24) is 14.9 Å². The summed E-state index contributed by atoms with van der Waals surface area (Å²) >= 11 is 0. The third kappa shape index (κ3) is 5.52. The monoisotopic (exact) mass is 494 g/mol. The first-order valence-corrected chi connectivity index (χ1v) is 13.3. The van der Waals surface area contributed by atoms with Gasteiger partial charge in [-0.2, -0.15) is 0 Å². The van der Waals surface area contributed by atoms with E-state index in [0.29, 0.717) is 5.95 Å². The number of amides is 1. The lowest BCUT2D eigenvalue weighted by Crippen LogP contribution is -2.48. The first-order valence-electron chi connectivity index (χ1n) is 13.3. The van der Waals surface area contributed by atoms with Gasteiger partial charge in [0.2, 0.25) is 11.9 Å². The number of piperazine rings is 1. The van der Waals surface area contributed by atoms with E-state index in [-0.39, 0.29) is 5.91 Å². The predicted octanol–water partition coefficient (Wildman–Crippen LogP) is 5.18. The minimum absolute atomic E-state index is 0.0850. The van der Waals surface area contributed by atoms with Crippen LogP contribution >= 0.6 is 0 Å². The molecule has 6 rings (SSSR count). The zero-order valence-corrected chi connectivity index (χ0v) is 21.3. The van der Waals surface area contributed by atoms with E-state index < -0.39 is 0 Å². The van der Waals surface area contributed by atoms with Gasteiger partial charge in [-0.15, -0.1) is 0 Å². The van der Waals surface area contributed by atoms with Crippen LogP contribution in [0.3, 0.4) is 0 Å². The number of carbonyl (C=O) groups excluding carboxylic acids is 1. The van der Waals surface area contributed by atoms with Gasteiger partial charge in [-0.25, -0.2) is 9.97 Å². The third-order valence-corrected chi connectivity index (χ3v) is 7.93. The van der Waals surface area contributed by atoms with E-state index in [1.165, 1.54) is 32.0 Å². The fourth-order valence-electron chi connectivity index (χ4n) is 6.02. The van der Waals surface area contributed by atoms with E-state index in [0.717, 1.165) is 66.6 Å². The smallest absolute Gasteiger partial charge is 0.227 e. The number of hydrogen-bond donors (Lipinski definition) is 2. The van der Waals surface area contributed by atoms with Gasteiger partial charge >= 0.3 is 0 Å². The Morgan fingerprint density at radius 3 is 2.35 bits per heavy atom. The summed E-state index contributed by atoms with van der Waals surface area (Å²) in [6.07, 6.45) is 9.46. The molecule has 37 heavy (non-hydrogen) atoms. The van der Waals surface area contributed by atoms with Gasteiger partial charge in [-0.05, 0) is 73.1 Å². The van der Waals surface area contributed by atoms with E-state index >= 15 is 0 Å². The summed E-state index contributed by atoms with van der Waals surface area (Å²) in [6, 6.07) is 18.1. The molecule has 7 heteroatoms. The van der Waals surface area contributed by atoms with Gasteiger partial charge in [0.15, 0.2) is 0 Å². The normalized spacial score (nSPS) is 22.8. The molecule has 1 aliphatic heterocycles. The van der Waals surface area contributed by atoms with Crippen LogP contribution in [0.1, 0.15) is 19.8 Å². The lowest BCUT2D eigenvalue weighted by atomic mass is 9.93. The number of rotatable bonds is 7. The summed E-state index contributed by atoms with van der Waals surface area (Å²) in [5, 5.41) is 6.12. The maximum absolute atomic E-state index is 11.2. The van der Waals surface area contributed by atoms with Gasteiger partial charge in [-0.1, -0.05) is 24.3 Å². The number of nitrogens with one attached hydrogen (secondary N) is 2. The van der Waals surface area contributed by atoms with Crippen LogP contribution in [-0.2, 0) is 4.79 Å². The summed E-state index contributed by atoms with van der Waals surface area (Å²) in [5.41, 5.74) is 4.78. The van der Waals surface area contributed by atoms with Crippen molar-refractivity contribution in [2.45, 2.75) is 19.8 Å². The first kappa shape index (κ1) is 23.7. The van der Waals surface area contributed by atoms with E-state index in [1.807, 2.05) is 30.3 Å². The lowest BCUT2D eigenvalue weighted by molar-refractivity contribution is -0.114. The number of benzene rings is 2. The molecule has 3 aliphatic rings. The molecule has 1 saturated heterocycles. The number of anilines is 4. The van der Waals surface area contributed by atoms with Crippen LogP contribution in [0.15, 0.2) is 72.9 Å². The maximum Gasteiger partial charge on any atom is 0.227 e. The van der Waals surface area contributed by atoms with Crippen molar-refractivity contribution in [2.24, 2.45) is 17.8 Å². The van der Waals surface area contributed by atoms with E-state index in [2.05, 4.69) is 66.8 Å². The van der Waals surface area contributed by atoms with Crippen molar-refractivity contribution < 1.29 is 4.79 Å². The zero-order valence-electron chi connectivity index (χ0n) is 21.3. The fraction of sp³-hybridized carbons (Fsp3) is 0.367. The van der Waals surface area contributed by atoms with Gasteiger partial charge in [0, 0.05) is 68.5 Å². The van der Waals surface area contributed by atoms with Crippen molar-refractivity contribution in [3.63, 3.8) is 0 Å². The molecule has 1 amide bonds. The van der Waals surface area contributed by atoms with Crippen molar-refractivity contribution in [2.75, 3.05) is 48.3 Å². The summed E-state index contributed by atoms with van der Waals surface area (Å²) in [5.74, 6) is 3.04. The molecule has 7 nitrogen and oxygen atoms in total. The quantitative estimate of drug-likeness (QED) is 0.441. The summed E-state index contributed by atoms with van der Waals surface area (Å²) in [7, 11) is 0. The number of nitrogens with zero attached hydrogens (tertiary/aromatic N) is 4. The largest absolute Gasteiger partial charge is 0.369 e. The Morgan fingerprint density at radius 1 is 0.919 bits per heavy atom. The van der Waals surface area contributed by atoms with Gasteiger partial charge in [0.1, 0.15) is 0 Å². The van der Waals surface area contributed by atoms with Gasteiger partial charge in [-0.3, -0.25) is 9.69 Å². The predicted molar refractivity (Wildman–Crippen MR) is 149 cm³/mol. The number of allylic oxidation sites excluding steroid dienone is 2. The Labute approximate surface area is 218 Å². The highest BCUT2D eigenvalue weighted by Crippen LogP contribution is 2.43. The minimum Gasteiger partial charge on any atom is -0.369 e. The van der Waals surface area contributed by atoms with E-state index in [4.69, 9.17) is 0 Å². The standard InChI is InChI=1S/C30H34N6O/c1-21(37)32-26-6-4-23(5-7-26)29-12-13-31-30(34-29)33-27-8-10-28(11-9-27)36-16-14-35(15-17-36)20-25-19-22-2-3-24(25)18-22/h2-13,22,24-25H,14-20H2,1H3,(H,32,37)(H,31,33,34)/t22-,24+,25?/m0/s1. The van der Waals surface area contributed by atoms with Crippen molar-refractivity contribution in [3.8, 4) is 11.3 Å². The highest BCUT2D eigenvalue weighted by atomic mass is 16.1. The Hall–Kier alpha value is -3.71. The molecule has 190 valence electrons. The molecule has 3 aromatic rings. The van der Waals surface area contributed by atoms with Crippen molar-refractivity contribution in [1.29, 1.82) is 0 Å². The molecule has 1 aromatic heterocycles. The average Bonchev–Trinajstić information content (AvgIpc) is 3.54. The van der Waals surface area contributed by atoms with Crippen LogP contribution < -0.4 is 15.5 Å². The molecule has 1 unspecified atom stereocenters. The second-order valence-electron chi connectivity index (χ2n) is 10.5. The molecule has 3 atom stereocenters. The number of fused-ring (bicyclic) bond motifs is 2. The van der Waals surface area contributed by atoms with E-state index in [9.17, 15) is 4.79 Å². The topological polar surface area (TPSA) is 73.4 Å². The second kappa shape index (κ2) is 10.3. The Bertz CT molecular complexity index is 1260. The third-order valence-electron chi connectivity index (χ3n) is 7.93. The zero-order chi connectivity index (χ0) is 25.2. The number of hydrogen-bond acceptors (Lipinski definition) is 6. The van der Waals surface area contributed by atoms with Crippen LogP contribution in [0.25, 0.3) is 11.3 Å². The molecule has 0 radical (unpaired) electrons. The minimum atomic E-state index is -0.0850. The highest BCUT2D eigenvalue weighted by Gasteiger charge is 2.36. The second-order valence-corrected chi connectivity index (χ2v) is 10.5. The van der Waals surface area contributed by atoms with Crippen LogP contribution in [0.5, 0.6) is 0 Å². The first-order chi connectivity index (χ1) is 18.1. The van der Waals surface area contributed by atoms with Gasteiger partial charge in [0.25, 0.3) is 0 Å². The van der Waals surface area contributed by atoms with Crippen LogP contribution in [0.4, 0.5) is 23.0 Å². The lowest BCUT2D eigenvalue weighted by Gasteiger charge is -2.38. The molecule has 2 aliphatic carbocycles. The molecule has 2 fully saturated rings. The molecule has 2 bridgehead atoms. The Morgan fingerprint density at radius 2 is 1.68 bits per heavy atom. The van der Waals surface area contributed by atoms with E-state index in [1.54, 1.807) is 6.20 Å². The fourth-order valence-corrected chi connectivity index (χ4v) is 6.02. The summed E-state index contributed by atoms with van der Waals surface area (Å²) < 4.78 is 0. The molecule has 2 N–H and O–H groups in total. The molecule has 1 saturated carbocycles. The molecule has 2 aromatic carbocycles. The summed E-state index contributed by atoms with van der Waals surface area (Å²) in [6.45, 7) is 7.21.